The zero-order valence-electron chi connectivity index (χ0n) is 10.4. The van der Waals surface area contributed by atoms with Crippen LogP contribution in [0.5, 0.6) is 0 Å². The second-order valence-corrected chi connectivity index (χ2v) is 5.80. The van der Waals surface area contributed by atoms with E-state index in [9.17, 15) is 9.90 Å². The highest BCUT2D eigenvalue weighted by Crippen LogP contribution is 2.30. The maximum atomic E-state index is 11.2. The second-order valence-electron chi connectivity index (χ2n) is 4.80. The van der Waals surface area contributed by atoms with Crippen molar-refractivity contribution in [2.75, 3.05) is 5.32 Å². The SMILES string of the molecule is O=C(O)c1ccccc1CC1CCc2sccc2N1. The molecule has 2 heterocycles. The summed E-state index contributed by atoms with van der Waals surface area (Å²) in [5.41, 5.74) is 2.54. The molecule has 1 aliphatic rings. The number of thiophene rings is 1. The van der Waals surface area contributed by atoms with Gasteiger partial charge in [0.05, 0.1) is 5.56 Å². The molecule has 0 aliphatic carbocycles. The highest BCUT2D eigenvalue weighted by atomic mass is 32.1. The summed E-state index contributed by atoms with van der Waals surface area (Å²) in [6, 6.07) is 9.70. The lowest BCUT2D eigenvalue weighted by Gasteiger charge is -2.25. The van der Waals surface area contributed by atoms with Crippen molar-refractivity contribution in [1.29, 1.82) is 0 Å². The molecule has 0 amide bonds. The molecule has 1 atom stereocenters. The maximum Gasteiger partial charge on any atom is 0.335 e. The molecule has 3 nitrogen and oxygen atoms in total. The minimum atomic E-state index is -0.845. The summed E-state index contributed by atoms with van der Waals surface area (Å²) in [7, 11) is 0. The lowest BCUT2D eigenvalue weighted by molar-refractivity contribution is 0.0695. The molecule has 1 aromatic heterocycles. The van der Waals surface area contributed by atoms with Gasteiger partial charge in [0, 0.05) is 16.6 Å². The Bertz CT molecular complexity index is 606. The monoisotopic (exact) mass is 273 g/mol. The molecule has 0 bridgehead atoms. The van der Waals surface area contributed by atoms with Crippen LogP contribution in [0.4, 0.5) is 5.69 Å². The predicted molar refractivity (Wildman–Crippen MR) is 77.2 cm³/mol. The van der Waals surface area contributed by atoms with Gasteiger partial charge in [0.2, 0.25) is 0 Å². The van der Waals surface area contributed by atoms with Crippen molar-refractivity contribution in [3.63, 3.8) is 0 Å². The number of anilines is 1. The number of hydrogen-bond acceptors (Lipinski definition) is 3. The van der Waals surface area contributed by atoms with Gasteiger partial charge in [-0.2, -0.15) is 0 Å². The van der Waals surface area contributed by atoms with E-state index >= 15 is 0 Å². The van der Waals surface area contributed by atoms with Crippen molar-refractivity contribution in [1.82, 2.24) is 0 Å². The molecular formula is C15H15NO2S. The summed E-state index contributed by atoms with van der Waals surface area (Å²) in [6.45, 7) is 0. The second kappa shape index (κ2) is 5.05. The molecule has 1 unspecified atom stereocenters. The topological polar surface area (TPSA) is 49.3 Å². The molecule has 2 aromatic rings. The minimum Gasteiger partial charge on any atom is -0.478 e. The van der Waals surface area contributed by atoms with Crippen molar-refractivity contribution < 1.29 is 9.90 Å². The molecule has 3 rings (SSSR count). The van der Waals surface area contributed by atoms with Crippen LogP contribution in [0.25, 0.3) is 0 Å². The average molecular weight is 273 g/mol. The van der Waals surface area contributed by atoms with E-state index in [1.54, 1.807) is 23.5 Å². The third-order valence-corrected chi connectivity index (χ3v) is 4.52. The zero-order chi connectivity index (χ0) is 13.2. The smallest absolute Gasteiger partial charge is 0.335 e. The number of benzene rings is 1. The third-order valence-electron chi connectivity index (χ3n) is 3.54. The quantitative estimate of drug-likeness (QED) is 0.901. The molecule has 0 fully saturated rings. The van der Waals surface area contributed by atoms with Crippen LogP contribution in [0.1, 0.15) is 27.2 Å². The Hall–Kier alpha value is -1.81. The molecule has 0 radical (unpaired) electrons. The van der Waals surface area contributed by atoms with Crippen molar-refractivity contribution in [2.24, 2.45) is 0 Å². The molecule has 0 saturated carbocycles. The molecule has 0 saturated heterocycles. The van der Waals surface area contributed by atoms with E-state index in [1.165, 1.54) is 10.6 Å². The van der Waals surface area contributed by atoms with Crippen LogP contribution in [0.3, 0.4) is 0 Å². The Morgan fingerprint density at radius 3 is 3.05 bits per heavy atom. The minimum absolute atomic E-state index is 0.322. The fourth-order valence-corrected chi connectivity index (χ4v) is 3.44. The maximum absolute atomic E-state index is 11.2. The number of carboxylic acid groups (broad SMARTS) is 1. The van der Waals surface area contributed by atoms with E-state index in [0.29, 0.717) is 11.6 Å². The molecule has 98 valence electrons. The lowest BCUT2D eigenvalue weighted by atomic mass is 9.95. The van der Waals surface area contributed by atoms with Crippen molar-refractivity contribution in [3.05, 3.63) is 51.7 Å². The van der Waals surface area contributed by atoms with Gasteiger partial charge in [-0.25, -0.2) is 4.79 Å². The number of aryl methyl sites for hydroxylation is 1. The van der Waals surface area contributed by atoms with Crippen LogP contribution < -0.4 is 5.32 Å². The Kier molecular flexibility index (Phi) is 3.25. The number of aromatic carboxylic acids is 1. The first kappa shape index (κ1) is 12.2. The van der Waals surface area contributed by atoms with Crippen molar-refractivity contribution >= 4 is 23.0 Å². The van der Waals surface area contributed by atoms with Gasteiger partial charge in [-0.05, 0) is 42.3 Å². The van der Waals surface area contributed by atoms with Crippen molar-refractivity contribution in [2.45, 2.75) is 25.3 Å². The number of carboxylic acids is 1. The van der Waals surface area contributed by atoms with E-state index in [2.05, 4.69) is 16.8 Å². The standard InChI is InChI=1S/C15H15NO2S/c17-15(18)12-4-2-1-3-10(12)9-11-5-6-14-13(16-11)7-8-19-14/h1-4,7-8,11,16H,5-6,9H2,(H,17,18). The van der Waals surface area contributed by atoms with Gasteiger partial charge in [0.25, 0.3) is 0 Å². The highest BCUT2D eigenvalue weighted by Gasteiger charge is 2.20. The van der Waals surface area contributed by atoms with Crippen LogP contribution in [0.2, 0.25) is 0 Å². The van der Waals surface area contributed by atoms with Crippen LogP contribution in [-0.2, 0) is 12.8 Å². The van der Waals surface area contributed by atoms with Crippen LogP contribution >= 0.6 is 11.3 Å². The predicted octanol–water partition coefficient (Wildman–Crippen LogP) is 3.42. The van der Waals surface area contributed by atoms with E-state index in [4.69, 9.17) is 0 Å². The van der Waals surface area contributed by atoms with E-state index in [1.807, 2.05) is 12.1 Å². The summed E-state index contributed by atoms with van der Waals surface area (Å²) in [5, 5.41) is 14.8. The average Bonchev–Trinajstić information content (AvgIpc) is 2.86. The number of fused-ring (bicyclic) bond motifs is 1. The van der Waals surface area contributed by atoms with Gasteiger partial charge < -0.3 is 10.4 Å². The van der Waals surface area contributed by atoms with Crippen LogP contribution in [0.15, 0.2) is 35.7 Å². The first-order valence-electron chi connectivity index (χ1n) is 6.38. The van der Waals surface area contributed by atoms with Crippen molar-refractivity contribution in [3.8, 4) is 0 Å². The van der Waals surface area contributed by atoms with Crippen LogP contribution in [-0.4, -0.2) is 17.1 Å². The summed E-state index contributed by atoms with van der Waals surface area (Å²) in [4.78, 5) is 12.6. The zero-order valence-corrected chi connectivity index (χ0v) is 11.2. The fourth-order valence-electron chi connectivity index (χ4n) is 2.59. The van der Waals surface area contributed by atoms with Gasteiger partial charge in [0.1, 0.15) is 0 Å². The van der Waals surface area contributed by atoms with Gasteiger partial charge >= 0.3 is 5.97 Å². The normalized spacial score (nSPS) is 17.6. The van der Waals surface area contributed by atoms with E-state index in [0.717, 1.165) is 24.8 Å². The Morgan fingerprint density at radius 1 is 1.37 bits per heavy atom. The molecule has 1 aromatic carbocycles. The lowest BCUT2D eigenvalue weighted by Crippen LogP contribution is -2.27. The van der Waals surface area contributed by atoms with Crippen LogP contribution in [0, 0.1) is 0 Å². The number of nitrogens with one attached hydrogen (secondary N) is 1. The number of rotatable bonds is 3. The fraction of sp³-hybridized carbons (Fsp3) is 0.267. The first-order chi connectivity index (χ1) is 9.24. The summed E-state index contributed by atoms with van der Waals surface area (Å²) < 4.78 is 0. The summed E-state index contributed by atoms with van der Waals surface area (Å²) in [5.74, 6) is -0.845. The Balaban J connectivity index is 1.78. The highest BCUT2D eigenvalue weighted by molar-refractivity contribution is 7.10. The molecule has 2 N–H and O–H groups in total. The number of carbonyl (C=O) groups is 1. The summed E-state index contributed by atoms with van der Waals surface area (Å²) in [6.07, 6.45) is 2.90. The molecule has 19 heavy (non-hydrogen) atoms. The molecule has 0 spiro atoms. The molecular weight excluding hydrogens is 258 g/mol. The van der Waals surface area contributed by atoms with Gasteiger partial charge in [-0.3, -0.25) is 0 Å². The summed E-state index contributed by atoms with van der Waals surface area (Å²) >= 11 is 1.79. The largest absolute Gasteiger partial charge is 0.478 e. The van der Waals surface area contributed by atoms with E-state index in [-0.39, 0.29) is 0 Å². The Labute approximate surface area is 115 Å². The van der Waals surface area contributed by atoms with Gasteiger partial charge in [0.15, 0.2) is 0 Å². The molecule has 1 aliphatic heterocycles. The van der Waals surface area contributed by atoms with E-state index < -0.39 is 5.97 Å². The first-order valence-corrected chi connectivity index (χ1v) is 7.26. The molecule has 4 heteroatoms. The Morgan fingerprint density at radius 2 is 2.21 bits per heavy atom. The number of hydrogen-bond donors (Lipinski definition) is 2. The third kappa shape index (κ3) is 2.49. The van der Waals surface area contributed by atoms with Gasteiger partial charge in [-0.1, -0.05) is 18.2 Å². The van der Waals surface area contributed by atoms with Gasteiger partial charge in [-0.15, -0.1) is 11.3 Å².